The first kappa shape index (κ1) is 12.8. The first-order valence-electron chi connectivity index (χ1n) is 5.84. The van der Waals surface area contributed by atoms with Crippen molar-refractivity contribution in [2.75, 3.05) is 0 Å². The van der Waals surface area contributed by atoms with Crippen molar-refractivity contribution < 1.29 is 4.79 Å². The Morgan fingerprint density at radius 3 is 2.38 bits per heavy atom. The Morgan fingerprint density at radius 2 is 2.00 bits per heavy atom. The minimum Gasteiger partial charge on any atom is -0.353 e. The number of amides is 1. The van der Waals surface area contributed by atoms with Gasteiger partial charge in [0.15, 0.2) is 0 Å². The summed E-state index contributed by atoms with van der Waals surface area (Å²) in [6.45, 7) is 8.70. The maximum Gasteiger partial charge on any atom is 0.225 e. The van der Waals surface area contributed by atoms with Crippen molar-refractivity contribution in [1.29, 1.82) is 0 Å². The van der Waals surface area contributed by atoms with Crippen LogP contribution in [0.1, 0.15) is 33.4 Å². The number of carbonyl (C=O) groups is 1. The quantitative estimate of drug-likeness (QED) is 0.768. The summed E-state index contributed by atoms with van der Waals surface area (Å²) in [7, 11) is 2.01. The van der Waals surface area contributed by atoms with Gasteiger partial charge in [0, 0.05) is 30.9 Å². The zero-order chi connectivity index (χ0) is 12.3. The Labute approximate surface area is 98.1 Å². The topological polar surface area (TPSA) is 25.2 Å². The van der Waals surface area contributed by atoms with Gasteiger partial charge in [-0.05, 0) is 26.0 Å². The predicted octanol–water partition coefficient (Wildman–Crippen LogP) is 2.42. The number of hydrogen-bond acceptors (Lipinski definition) is 1. The summed E-state index contributed by atoms with van der Waals surface area (Å²) in [5.74, 6) is 0.277. The number of aryl methyl sites for hydroxylation is 1. The molecule has 0 aliphatic rings. The highest BCUT2D eigenvalue weighted by molar-refractivity contribution is 5.78. The molecule has 1 aromatic rings. The molecule has 0 atom stereocenters. The minimum atomic E-state index is 0.0580. The van der Waals surface area contributed by atoms with Crippen LogP contribution in [0.15, 0.2) is 18.3 Å². The van der Waals surface area contributed by atoms with Gasteiger partial charge < -0.3 is 9.47 Å². The molecule has 0 bridgehead atoms. The third-order valence-electron chi connectivity index (χ3n) is 2.78. The SMILES string of the molecule is CC(C)C(=O)N(Cc1cccn1C)C(C)C. The lowest BCUT2D eigenvalue weighted by Gasteiger charge is -2.28. The molecule has 16 heavy (non-hydrogen) atoms. The molecule has 0 radical (unpaired) electrons. The highest BCUT2D eigenvalue weighted by Gasteiger charge is 2.20. The molecule has 0 fully saturated rings. The van der Waals surface area contributed by atoms with Crippen LogP contribution < -0.4 is 0 Å². The second-order valence-electron chi connectivity index (χ2n) is 4.83. The molecule has 0 saturated heterocycles. The van der Waals surface area contributed by atoms with Crippen molar-refractivity contribution in [2.45, 2.75) is 40.3 Å². The molecule has 1 amide bonds. The van der Waals surface area contributed by atoms with E-state index in [1.54, 1.807) is 0 Å². The fourth-order valence-electron chi connectivity index (χ4n) is 1.68. The summed E-state index contributed by atoms with van der Waals surface area (Å²) in [4.78, 5) is 14.0. The lowest BCUT2D eigenvalue weighted by molar-refractivity contribution is -0.136. The number of carbonyl (C=O) groups excluding carboxylic acids is 1. The van der Waals surface area contributed by atoms with Crippen molar-refractivity contribution >= 4 is 5.91 Å². The molecule has 1 aromatic heterocycles. The summed E-state index contributed by atoms with van der Waals surface area (Å²) in [5, 5.41) is 0. The van der Waals surface area contributed by atoms with E-state index in [-0.39, 0.29) is 17.9 Å². The lowest BCUT2D eigenvalue weighted by Crippen LogP contribution is -2.39. The van der Waals surface area contributed by atoms with Crippen LogP contribution in [-0.2, 0) is 18.4 Å². The Kier molecular flexibility index (Phi) is 4.16. The third kappa shape index (κ3) is 2.87. The fourth-order valence-corrected chi connectivity index (χ4v) is 1.68. The van der Waals surface area contributed by atoms with Crippen molar-refractivity contribution in [2.24, 2.45) is 13.0 Å². The van der Waals surface area contributed by atoms with Gasteiger partial charge in [0.2, 0.25) is 5.91 Å². The second kappa shape index (κ2) is 5.19. The van der Waals surface area contributed by atoms with Crippen molar-refractivity contribution in [3.8, 4) is 0 Å². The van der Waals surface area contributed by atoms with E-state index in [0.29, 0.717) is 6.54 Å². The van der Waals surface area contributed by atoms with Gasteiger partial charge in [0.1, 0.15) is 0 Å². The van der Waals surface area contributed by atoms with Gasteiger partial charge >= 0.3 is 0 Å². The van der Waals surface area contributed by atoms with E-state index in [4.69, 9.17) is 0 Å². The summed E-state index contributed by atoms with van der Waals surface area (Å²) in [5.41, 5.74) is 1.17. The second-order valence-corrected chi connectivity index (χ2v) is 4.83. The largest absolute Gasteiger partial charge is 0.353 e. The molecule has 1 heterocycles. The number of nitrogens with zero attached hydrogens (tertiary/aromatic N) is 2. The van der Waals surface area contributed by atoms with E-state index in [1.807, 2.05) is 38.1 Å². The van der Waals surface area contributed by atoms with E-state index in [2.05, 4.69) is 24.5 Å². The van der Waals surface area contributed by atoms with Crippen molar-refractivity contribution in [3.63, 3.8) is 0 Å². The fraction of sp³-hybridized carbons (Fsp3) is 0.615. The number of rotatable bonds is 4. The van der Waals surface area contributed by atoms with Crippen LogP contribution in [0.4, 0.5) is 0 Å². The minimum absolute atomic E-state index is 0.0580. The molecule has 0 aliphatic heterocycles. The molecule has 0 spiro atoms. The van der Waals surface area contributed by atoms with Crippen molar-refractivity contribution in [1.82, 2.24) is 9.47 Å². The summed E-state index contributed by atoms with van der Waals surface area (Å²) >= 11 is 0. The maximum absolute atomic E-state index is 12.0. The van der Waals surface area contributed by atoms with E-state index in [1.165, 1.54) is 5.69 Å². The van der Waals surface area contributed by atoms with Crippen LogP contribution in [0.3, 0.4) is 0 Å². The number of aromatic nitrogens is 1. The van der Waals surface area contributed by atoms with Gasteiger partial charge in [-0.2, -0.15) is 0 Å². The summed E-state index contributed by atoms with van der Waals surface area (Å²) < 4.78 is 2.06. The van der Waals surface area contributed by atoms with Crippen molar-refractivity contribution in [3.05, 3.63) is 24.0 Å². The zero-order valence-corrected chi connectivity index (χ0v) is 10.9. The lowest BCUT2D eigenvalue weighted by atomic mass is 10.1. The molecule has 3 nitrogen and oxygen atoms in total. The highest BCUT2D eigenvalue weighted by Crippen LogP contribution is 2.12. The molecule has 0 aliphatic carbocycles. The Bertz CT molecular complexity index is 353. The molecule has 3 heteroatoms. The molecule has 0 unspecified atom stereocenters. The van der Waals surface area contributed by atoms with Crippen LogP contribution >= 0.6 is 0 Å². The molecular formula is C13H22N2O. The molecule has 0 aromatic carbocycles. The van der Waals surface area contributed by atoms with E-state index in [9.17, 15) is 4.79 Å². The summed E-state index contributed by atoms with van der Waals surface area (Å²) in [6.07, 6.45) is 2.01. The molecule has 0 N–H and O–H groups in total. The van der Waals surface area contributed by atoms with Crippen LogP contribution in [0.25, 0.3) is 0 Å². The zero-order valence-electron chi connectivity index (χ0n) is 10.9. The van der Waals surface area contributed by atoms with E-state index in [0.717, 1.165) is 0 Å². The molecule has 0 saturated carbocycles. The molecule has 1 rings (SSSR count). The monoisotopic (exact) mass is 222 g/mol. The third-order valence-corrected chi connectivity index (χ3v) is 2.78. The normalized spacial score (nSPS) is 11.2. The highest BCUT2D eigenvalue weighted by atomic mass is 16.2. The smallest absolute Gasteiger partial charge is 0.225 e. The van der Waals surface area contributed by atoms with Gasteiger partial charge in [-0.1, -0.05) is 13.8 Å². The van der Waals surface area contributed by atoms with Gasteiger partial charge in [0.25, 0.3) is 0 Å². The molecular weight excluding hydrogens is 200 g/mol. The maximum atomic E-state index is 12.0. The first-order valence-corrected chi connectivity index (χ1v) is 5.84. The van der Waals surface area contributed by atoms with Gasteiger partial charge in [-0.3, -0.25) is 4.79 Å². The van der Waals surface area contributed by atoms with E-state index >= 15 is 0 Å². The van der Waals surface area contributed by atoms with Gasteiger partial charge in [-0.25, -0.2) is 0 Å². The Hall–Kier alpha value is -1.25. The number of hydrogen-bond donors (Lipinski definition) is 0. The predicted molar refractivity (Wildman–Crippen MR) is 65.9 cm³/mol. The first-order chi connectivity index (χ1) is 7.43. The Morgan fingerprint density at radius 1 is 1.38 bits per heavy atom. The van der Waals surface area contributed by atoms with Crippen LogP contribution in [0, 0.1) is 5.92 Å². The van der Waals surface area contributed by atoms with Crippen LogP contribution in [0.2, 0.25) is 0 Å². The van der Waals surface area contributed by atoms with Crippen LogP contribution in [0.5, 0.6) is 0 Å². The average Bonchev–Trinajstić information content (AvgIpc) is 2.59. The Balaban J connectivity index is 2.81. The van der Waals surface area contributed by atoms with Gasteiger partial charge in [-0.15, -0.1) is 0 Å². The standard InChI is InChI=1S/C13H22N2O/c1-10(2)13(16)15(11(3)4)9-12-7-6-8-14(12)5/h6-8,10-11H,9H2,1-5H3. The summed E-state index contributed by atoms with van der Waals surface area (Å²) in [6, 6.07) is 4.31. The molecule has 90 valence electrons. The van der Waals surface area contributed by atoms with E-state index < -0.39 is 0 Å². The van der Waals surface area contributed by atoms with Gasteiger partial charge in [0.05, 0.1) is 6.54 Å². The average molecular weight is 222 g/mol. The van der Waals surface area contributed by atoms with Crippen LogP contribution in [-0.4, -0.2) is 21.4 Å².